The highest BCUT2D eigenvalue weighted by atomic mass is 127. The fraction of sp³-hybridized carbons (Fsp3) is 0.556. The number of nitrogens with one attached hydrogen (secondary N) is 3. The van der Waals surface area contributed by atoms with Crippen LogP contribution in [0.5, 0.6) is 0 Å². The van der Waals surface area contributed by atoms with Gasteiger partial charge < -0.3 is 20.7 Å². The number of ether oxygens (including phenoxy) is 1. The Morgan fingerprint density at radius 3 is 2.44 bits per heavy atom. The molecule has 6 nitrogen and oxygen atoms in total. The molecule has 7 heteroatoms. The summed E-state index contributed by atoms with van der Waals surface area (Å²) in [6.45, 7) is 9.52. The van der Waals surface area contributed by atoms with Crippen molar-refractivity contribution in [2.45, 2.75) is 27.4 Å². The molecule has 25 heavy (non-hydrogen) atoms. The largest absolute Gasteiger partial charge is 0.376 e. The van der Waals surface area contributed by atoms with E-state index in [1.807, 2.05) is 32.0 Å². The Morgan fingerprint density at radius 2 is 1.80 bits per heavy atom. The molecule has 3 N–H and O–H groups in total. The van der Waals surface area contributed by atoms with Crippen LogP contribution in [0.2, 0.25) is 0 Å². The van der Waals surface area contributed by atoms with Gasteiger partial charge >= 0.3 is 0 Å². The van der Waals surface area contributed by atoms with Crippen molar-refractivity contribution >= 4 is 35.8 Å². The monoisotopic (exact) mass is 462 g/mol. The second-order valence-corrected chi connectivity index (χ2v) is 5.64. The molecular weight excluding hydrogens is 431 g/mol. The number of benzene rings is 1. The molecule has 0 aliphatic rings. The van der Waals surface area contributed by atoms with E-state index in [9.17, 15) is 4.79 Å². The molecule has 1 unspecified atom stereocenters. The van der Waals surface area contributed by atoms with Crippen LogP contribution < -0.4 is 16.0 Å². The van der Waals surface area contributed by atoms with Crippen molar-refractivity contribution in [2.24, 2.45) is 10.9 Å². The third-order valence-corrected chi connectivity index (χ3v) is 3.23. The van der Waals surface area contributed by atoms with E-state index in [1.165, 1.54) is 5.56 Å². The molecule has 1 atom stereocenters. The van der Waals surface area contributed by atoms with Crippen molar-refractivity contribution in [2.75, 3.05) is 32.8 Å². The number of likely N-dealkylation sites (N-methyl/N-ethyl adjacent to an activating group) is 1. The lowest BCUT2D eigenvalue weighted by Crippen LogP contribution is -2.41. The lowest BCUT2D eigenvalue weighted by atomic mass is 10.2. The highest BCUT2D eigenvalue weighted by Gasteiger charge is 2.05. The van der Waals surface area contributed by atoms with Gasteiger partial charge in [-0.1, -0.05) is 37.3 Å². The van der Waals surface area contributed by atoms with Crippen molar-refractivity contribution in [1.29, 1.82) is 0 Å². The quantitative estimate of drug-likeness (QED) is 0.283. The van der Waals surface area contributed by atoms with Gasteiger partial charge in [0.1, 0.15) is 6.54 Å². The smallest absolute Gasteiger partial charge is 0.241 e. The fourth-order valence-corrected chi connectivity index (χ4v) is 2.03. The van der Waals surface area contributed by atoms with E-state index in [1.54, 1.807) is 0 Å². The first-order chi connectivity index (χ1) is 11.7. The summed E-state index contributed by atoms with van der Waals surface area (Å²) in [7, 11) is 0. The van der Waals surface area contributed by atoms with Gasteiger partial charge in [-0.3, -0.25) is 4.79 Å². The van der Waals surface area contributed by atoms with Crippen LogP contribution in [-0.2, 0) is 16.1 Å². The number of carbonyl (C=O) groups excluding carboxylic acids is 1. The molecule has 0 saturated heterocycles. The van der Waals surface area contributed by atoms with Crippen molar-refractivity contribution in [3.05, 3.63) is 35.9 Å². The van der Waals surface area contributed by atoms with E-state index in [4.69, 9.17) is 4.74 Å². The van der Waals surface area contributed by atoms with Gasteiger partial charge in [-0.25, -0.2) is 4.99 Å². The van der Waals surface area contributed by atoms with E-state index in [0.29, 0.717) is 31.6 Å². The molecular formula is C18H31IN4O2. The summed E-state index contributed by atoms with van der Waals surface area (Å²) in [6, 6.07) is 10.1. The minimum absolute atomic E-state index is 0. The van der Waals surface area contributed by atoms with Gasteiger partial charge in [-0.15, -0.1) is 24.0 Å². The molecule has 0 aliphatic carbocycles. The number of aliphatic imine (C=N–C) groups is 1. The van der Waals surface area contributed by atoms with E-state index in [2.05, 4.69) is 40.0 Å². The molecule has 1 amide bonds. The third-order valence-electron chi connectivity index (χ3n) is 3.23. The van der Waals surface area contributed by atoms with Crippen LogP contribution in [0.15, 0.2) is 35.3 Å². The highest BCUT2D eigenvalue weighted by molar-refractivity contribution is 14.0. The molecule has 0 radical (unpaired) electrons. The number of hydrogen-bond donors (Lipinski definition) is 3. The summed E-state index contributed by atoms with van der Waals surface area (Å²) >= 11 is 0. The molecule has 0 heterocycles. The summed E-state index contributed by atoms with van der Waals surface area (Å²) in [5.74, 6) is 0.912. The molecule has 0 bridgehead atoms. The summed E-state index contributed by atoms with van der Waals surface area (Å²) in [6.07, 6.45) is 0. The van der Waals surface area contributed by atoms with Crippen LogP contribution >= 0.6 is 24.0 Å². The minimum Gasteiger partial charge on any atom is -0.376 e. The second-order valence-electron chi connectivity index (χ2n) is 5.64. The van der Waals surface area contributed by atoms with Gasteiger partial charge in [0.15, 0.2) is 5.96 Å². The number of carbonyl (C=O) groups is 1. The molecule has 0 fully saturated rings. The second kappa shape index (κ2) is 14.9. The first-order valence-corrected chi connectivity index (χ1v) is 8.56. The molecule has 1 rings (SSSR count). The lowest BCUT2D eigenvalue weighted by Gasteiger charge is -2.16. The molecule has 1 aromatic carbocycles. The Labute approximate surface area is 168 Å². The van der Waals surface area contributed by atoms with Crippen molar-refractivity contribution in [3.8, 4) is 0 Å². The van der Waals surface area contributed by atoms with Crippen LogP contribution in [-0.4, -0.2) is 44.7 Å². The first kappa shape index (κ1) is 23.6. The number of amides is 1. The maximum absolute atomic E-state index is 11.5. The maximum atomic E-state index is 11.5. The van der Waals surface area contributed by atoms with E-state index < -0.39 is 0 Å². The first-order valence-electron chi connectivity index (χ1n) is 8.56. The fourth-order valence-electron chi connectivity index (χ4n) is 2.03. The Hall–Kier alpha value is -1.35. The molecule has 0 aliphatic heterocycles. The normalized spacial score (nSPS) is 12.0. The maximum Gasteiger partial charge on any atom is 0.241 e. The zero-order valence-corrected chi connectivity index (χ0v) is 17.7. The van der Waals surface area contributed by atoms with Crippen LogP contribution in [0.4, 0.5) is 0 Å². The molecule has 0 saturated carbocycles. The Balaban J connectivity index is 0.00000576. The van der Waals surface area contributed by atoms with Crippen molar-refractivity contribution in [3.63, 3.8) is 0 Å². The number of hydrogen-bond acceptors (Lipinski definition) is 3. The van der Waals surface area contributed by atoms with Crippen molar-refractivity contribution < 1.29 is 9.53 Å². The summed E-state index contributed by atoms with van der Waals surface area (Å²) in [4.78, 5) is 15.7. The zero-order valence-electron chi connectivity index (χ0n) is 15.4. The van der Waals surface area contributed by atoms with Gasteiger partial charge in [0.05, 0.1) is 13.2 Å². The summed E-state index contributed by atoms with van der Waals surface area (Å²) in [5, 5.41) is 9.11. The van der Waals surface area contributed by atoms with Gasteiger partial charge in [0, 0.05) is 19.6 Å². The number of rotatable bonds is 10. The molecule has 142 valence electrons. The highest BCUT2D eigenvalue weighted by Crippen LogP contribution is 2.02. The van der Waals surface area contributed by atoms with Gasteiger partial charge in [0.2, 0.25) is 5.91 Å². The minimum atomic E-state index is -0.0751. The third kappa shape index (κ3) is 11.8. The average Bonchev–Trinajstić information content (AvgIpc) is 2.58. The average molecular weight is 462 g/mol. The van der Waals surface area contributed by atoms with Crippen LogP contribution in [0.1, 0.15) is 26.3 Å². The van der Waals surface area contributed by atoms with E-state index in [-0.39, 0.29) is 36.4 Å². The van der Waals surface area contributed by atoms with Crippen LogP contribution in [0.25, 0.3) is 0 Å². The Morgan fingerprint density at radius 1 is 1.12 bits per heavy atom. The van der Waals surface area contributed by atoms with E-state index >= 15 is 0 Å². The van der Waals surface area contributed by atoms with Gasteiger partial charge in [0.25, 0.3) is 0 Å². The van der Waals surface area contributed by atoms with Crippen LogP contribution in [0.3, 0.4) is 0 Å². The standard InChI is InChI=1S/C18H30N4O2.HI/c1-4-19-17(23)12-22-18(20-5-2)21-11-15(3)13-24-14-16-9-7-6-8-10-16;/h6-10,15H,4-5,11-14H2,1-3H3,(H,19,23)(H2,20,21,22);1H. The Bertz CT molecular complexity index is 497. The summed E-state index contributed by atoms with van der Waals surface area (Å²) < 4.78 is 5.74. The molecule has 0 spiro atoms. The predicted molar refractivity (Wildman–Crippen MR) is 113 cm³/mol. The SMILES string of the molecule is CCNC(=O)CN=C(NCC)NCC(C)COCc1ccccc1.I. The predicted octanol–water partition coefficient (Wildman–Crippen LogP) is 2.15. The van der Waals surface area contributed by atoms with Gasteiger partial charge in [-0.05, 0) is 25.3 Å². The molecule has 0 aromatic heterocycles. The summed E-state index contributed by atoms with van der Waals surface area (Å²) in [5.41, 5.74) is 1.18. The number of guanidine groups is 1. The van der Waals surface area contributed by atoms with Crippen molar-refractivity contribution in [1.82, 2.24) is 16.0 Å². The van der Waals surface area contributed by atoms with E-state index in [0.717, 1.165) is 13.1 Å². The zero-order chi connectivity index (χ0) is 17.6. The van der Waals surface area contributed by atoms with Crippen LogP contribution in [0, 0.1) is 5.92 Å². The number of nitrogens with zero attached hydrogens (tertiary/aromatic N) is 1. The topological polar surface area (TPSA) is 74.8 Å². The van der Waals surface area contributed by atoms with Gasteiger partial charge in [-0.2, -0.15) is 0 Å². The lowest BCUT2D eigenvalue weighted by molar-refractivity contribution is -0.119. The molecule has 1 aromatic rings. The number of halogens is 1. The Kier molecular flexibility index (Phi) is 14.1.